The molecule has 0 bridgehead atoms. The number of nitrogens with zero attached hydrogens (tertiary/aromatic N) is 1. The second-order valence-corrected chi connectivity index (χ2v) is 7.15. The Bertz CT molecular complexity index is 896. The van der Waals surface area contributed by atoms with Crippen LogP contribution in [0.15, 0.2) is 42.7 Å². The minimum absolute atomic E-state index is 0.131. The van der Waals surface area contributed by atoms with Crippen molar-refractivity contribution in [2.45, 2.75) is 44.6 Å². The summed E-state index contributed by atoms with van der Waals surface area (Å²) in [6.45, 7) is 1.90. The number of amides is 1. The van der Waals surface area contributed by atoms with Gasteiger partial charge in [-0.3, -0.25) is 9.78 Å². The number of carbonyl (C=O) groups excluding carboxylic acids is 1. The van der Waals surface area contributed by atoms with E-state index in [-0.39, 0.29) is 17.8 Å². The Morgan fingerprint density at radius 1 is 1.23 bits per heavy atom. The molecule has 1 aliphatic rings. The van der Waals surface area contributed by atoms with E-state index in [1.807, 2.05) is 19.3 Å². The molecule has 3 aromatic rings. The first-order chi connectivity index (χ1) is 12.6. The number of hydrogen-bond acceptors (Lipinski definition) is 2. The summed E-state index contributed by atoms with van der Waals surface area (Å²) in [5.41, 5.74) is 3.31. The van der Waals surface area contributed by atoms with Gasteiger partial charge in [0, 0.05) is 23.8 Å². The highest BCUT2D eigenvalue weighted by Crippen LogP contribution is 2.32. The van der Waals surface area contributed by atoms with Gasteiger partial charge in [0.25, 0.3) is 5.91 Å². The lowest BCUT2D eigenvalue weighted by molar-refractivity contribution is 0.0921. The zero-order chi connectivity index (χ0) is 18.1. The predicted molar refractivity (Wildman–Crippen MR) is 99.7 cm³/mol. The number of fused-ring (bicyclic) bond motifs is 1. The molecule has 26 heavy (non-hydrogen) atoms. The van der Waals surface area contributed by atoms with Crippen molar-refractivity contribution in [2.75, 3.05) is 0 Å². The van der Waals surface area contributed by atoms with Gasteiger partial charge in [0.05, 0.1) is 5.52 Å². The minimum atomic E-state index is -0.309. The molecule has 0 saturated heterocycles. The molecule has 2 heterocycles. The highest BCUT2D eigenvalue weighted by molar-refractivity contribution is 5.99. The average Bonchev–Trinajstić information content (AvgIpc) is 3.13. The van der Waals surface area contributed by atoms with Crippen LogP contribution in [0.4, 0.5) is 4.39 Å². The zero-order valence-corrected chi connectivity index (χ0v) is 14.8. The first kappa shape index (κ1) is 16.8. The van der Waals surface area contributed by atoms with Crippen LogP contribution < -0.4 is 5.32 Å². The second kappa shape index (κ2) is 6.90. The van der Waals surface area contributed by atoms with E-state index < -0.39 is 0 Å². The molecule has 5 heteroatoms. The van der Waals surface area contributed by atoms with Gasteiger partial charge in [-0.1, -0.05) is 12.5 Å². The molecule has 0 spiro atoms. The average molecular weight is 351 g/mol. The third-order valence-electron chi connectivity index (χ3n) is 5.38. The number of rotatable bonds is 3. The van der Waals surface area contributed by atoms with E-state index in [0.29, 0.717) is 22.5 Å². The maximum Gasteiger partial charge on any atom is 0.267 e. The predicted octanol–water partition coefficient (Wildman–Crippen LogP) is 4.47. The molecule has 4 rings (SSSR count). The molecular weight excluding hydrogens is 329 g/mol. The number of pyridine rings is 1. The maximum atomic E-state index is 14.0. The molecule has 0 radical (unpaired) electrons. The van der Waals surface area contributed by atoms with E-state index in [2.05, 4.69) is 27.4 Å². The van der Waals surface area contributed by atoms with Crippen molar-refractivity contribution >= 4 is 16.8 Å². The van der Waals surface area contributed by atoms with Crippen molar-refractivity contribution in [3.63, 3.8) is 0 Å². The van der Waals surface area contributed by atoms with Crippen LogP contribution in [0.2, 0.25) is 0 Å². The van der Waals surface area contributed by atoms with E-state index >= 15 is 0 Å². The highest BCUT2D eigenvalue weighted by atomic mass is 19.1. The zero-order valence-electron chi connectivity index (χ0n) is 14.8. The van der Waals surface area contributed by atoms with Gasteiger partial charge < -0.3 is 10.3 Å². The number of aromatic nitrogens is 2. The number of nitrogens with one attached hydrogen (secondary N) is 2. The van der Waals surface area contributed by atoms with Crippen LogP contribution in [-0.2, 0) is 0 Å². The van der Waals surface area contributed by atoms with Gasteiger partial charge in [0.2, 0.25) is 0 Å². The molecule has 2 N–H and O–H groups in total. The summed E-state index contributed by atoms with van der Waals surface area (Å²) in [4.78, 5) is 19.8. The smallest absolute Gasteiger partial charge is 0.267 e. The van der Waals surface area contributed by atoms with Gasteiger partial charge in [-0.15, -0.1) is 0 Å². The quantitative estimate of drug-likeness (QED) is 0.732. The van der Waals surface area contributed by atoms with E-state index in [4.69, 9.17) is 0 Å². The largest absolute Gasteiger partial charge is 0.350 e. The number of halogens is 1. The van der Waals surface area contributed by atoms with Crippen molar-refractivity contribution < 1.29 is 9.18 Å². The summed E-state index contributed by atoms with van der Waals surface area (Å²) in [5, 5.41) is 3.59. The molecular formula is C21H22FN3O. The van der Waals surface area contributed by atoms with Gasteiger partial charge in [-0.05, 0) is 67.5 Å². The van der Waals surface area contributed by atoms with Crippen molar-refractivity contribution in [3.05, 3.63) is 65.4 Å². The Labute approximate surface area is 151 Å². The van der Waals surface area contributed by atoms with Gasteiger partial charge in [0.15, 0.2) is 0 Å². The summed E-state index contributed by atoms with van der Waals surface area (Å²) < 4.78 is 14.0. The van der Waals surface area contributed by atoms with Gasteiger partial charge in [-0.2, -0.15) is 0 Å². The van der Waals surface area contributed by atoms with Crippen LogP contribution in [0, 0.1) is 12.7 Å². The maximum absolute atomic E-state index is 14.0. The summed E-state index contributed by atoms with van der Waals surface area (Å²) in [5.74, 6) is -0.0313. The first-order valence-electron chi connectivity index (χ1n) is 9.10. The van der Waals surface area contributed by atoms with Crippen LogP contribution in [0.5, 0.6) is 0 Å². The standard InChI is InChI=1S/C21H22FN3O/c1-13-5-6-18(22)17-12-19(25-20(13)17)21(26)24-16-4-2-3-15(11-16)14-7-9-23-10-8-14/h5-10,12,15-16,25H,2-4,11H2,1H3,(H,24,26)/t15?,16-/m0/s1. The van der Waals surface area contributed by atoms with Crippen molar-refractivity contribution in [3.8, 4) is 0 Å². The van der Waals surface area contributed by atoms with Gasteiger partial charge >= 0.3 is 0 Å². The summed E-state index contributed by atoms with van der Waals surface area (Å²) >= 11 is 0. The SMILES string of the molecule is Cc1ccc(F)c2cc(C(=O)N[C@H]3CCCC(c4ccncc4)C3)[nH]c12. The fourth-order valence-electron chi connectivity index (χ4n) is 3.97. The fraction of sp³-hybridized carbons (Fsp3) is 0.333. The number of aromatic amines is 1. The topological polar surface area (TPSA) is 57.8 Å². The normalized spacial score (nSPS) is 20.2. The molecule has 1 aromatic carbocycles. The van der Waals surface area contributed by atoms with Crippen LogP contribution in [0.3, 0.4) is 0 Å². The van der Waals surface area contributed by atoms with E-state index in [1.54, 1.807) is 12.1 Å². The molecule has 1 unspecified atom stereocenters. The van der Waals surface area contributed by atoms with Crippen molar-refractivity contribution in [1.82, 2.24) is 15.3 Å². The van der Waals surface area contributed by atoms with Crippen molar-refractivity contribution in [1.29, 1.82) is 0 Å². The van der Waals surface area contributed by atoms with Crippen LogP contribution in [0.1, 0.15) is 53.2 Å². The number of hydrogen-bond donors (Lipinski definition) is 2. The molecule has 2 atom stereocenters. The monoisotopic (exact) mass is 351 g/mol. The minimum Gasteiger partial charge on any atom is -0.350 e. The number of benzene rings is 1. The molecule has 1 aliphatic carbocycles. The highest BCUT2D eigenvalue weighted by Gasteiger charge is 2.25. The Balaban J connectivity index is 1.49. The Morgan fingerprint density at radius 3 is 2.81 bits per heavy atom. The fourth-order valence-corrected chi connectivity index (χ4v) is 3.97. The third kappa shape index (κ3) is 3.21. The van der Waals surface area contributed by atoms with Crippen LogP contribution in [-0.4, -0.2) is 21.9 Å². The lowest BCUT2D eigenvalue weighted by atomic mass is 9.81. The Morgan fingerprint density at radius 2 is 2.04 bits per heavy atom. The van der Waals surface area contributed by atoms with E-state index in [9.17, 15) is 9.18 Å². The lowest BCUT2D eigenvalue weighted by Gasteiger charge is -2.29. The molecule has 2 aromatic heterocycles. The Kier molecular flexibility index (Phi) is 4.45. The Hall–Kier alpha value is -2.69. The molecule has 0 aliphatic heterocycles. The van der Waals surface area contributed by atoms with Crippen LogP contribution >= 0.6 is 0 Å². The molecule has 4 nitrogen and oxygen atoms in total. The summed E-state index contributed by atoms with van der Waals surface area (Å²) in [6, 6.07) is 9.00. The number of H-pyrrole nitrogens is 1. The first-order valence-corrected chi connectivity index (χ1v) is 9.10. The third-order valence-corrected chi connectivity index (χ3v) is 5.38. The number of aryl methyl sites for hydroxylation is 1. The summed E-state index contributed by atoms with van der Waals surface area (Å²) in [7, 11) is 0. The molecule has 1 saturated carbocycles. The summed E-state index contributed by atoms with van der Waals surface area (Å²) in [6.07, 6.45) is 7.74. The lowest BCUT2D eigenvalue weighted by Crippen LogP contribution is -2.38. The van der Waals surface area contributed by atoms with Crippen molar-refractivity contribution in [2.24, 2.45) is 0 Å². The molecule has 1 fully saturated rings. The molecule has 1 amide bonds. The second-order valence-electron chi connectivity index (χ2n) is 7.15. The van der Waals surface area contributed by atoms with Gasteiger partial charge in [0.1, 0.15) is 11.5 Å². The van der Waals surface area contributed by atoms with E-state index in [1.165, 1.54) is 11.6 Å². The van der Waals surface area contributed by atoms with Gasteiger partial charge in [-0.25, -0.2) is 4.39 Å². The van der Waals surface area contributed by atoms with Crippen LogP contribution in [0.25, 0.3) is 10.9 Å². The number of carbonyl (C=O) groups is 1. The van der Waals surface area contributed by atoms with E-state index in [0.717, 1.165) is 31.2 Å². The molecule has 134 valence electrons.